The van der Waals surface area contributed by atoms with Gasteiger partial charge in [0.25, 0.3) is 0 Å². The van der Waals surface area contributed by atoms with E-state index in [0.717, 1.165) is 18.4 Å². The molecule has 0 heterocycles. The molecule has 6 nitrogen and oxygen atoms in total. The highest BCUT2D eigenvalue weighted by Crippen LogP contribution is 2.23. The zero-order chi connectivity index (χ0) is 18.5. The summed E-state index contributed by atoms with van der Waals surface area (Å²) in [4.78, 5) is 24.0. The molecule has 1 aliphatic rings. The van der Waals surface area contributed by atoms with Gasteiger partial charge in [0.2, 0.25) is 5.91 Å². The number of nitrogens with one attached hydrogen (secondary N) is 3. The van der Waals surface area contributed by atoms with Crippen molar-refractivity contribution in [3.05, 3.63) is 59.2 Å². The largest absolute Gasteiger partial charge is 0.375 e. The Morgan fingerprint density at radius 3 is 2.42 bits per heavy atom. The van der Waals surface area contributed by atoms with Crippen LogP contribution in [0.3, 0.4) is 0 Å². The van der Waals surface area contributed by atoms with Gasteiger partial charge in [0, 0.05) is 24.5 Å². The van der Waals surface area contributed by atoms with Crippen molar-refractivity contribution in [1.29, 1.82) is 0 Å². The van der Waals surface area contributed by atoms with Gasteiger partial charge in [-0.2, -0.15) is 0 Å². The number of urea groups is 1. The minimum atomic E-state index is -0.244. The fraction of sp³-hybridized carbons (Fsp3) is 0.300. The van der Waals surface area contributed by atoms with E-state index < -0.39 is 0 Å². The Morgan fingerprint density at radius 2 is 1.77 bits per heavy atom. The van der Waals surface area contributed by atoms with Crippen LogP contribution in [0, 0.1) is 6.92 Å². The number of amides is 3. The Bertz CT molecular complexity index is 795. The minimum Gasteiger partial charge on any atom is -0.375 e. The number of aryl methyl sites for hydroxylation is 1. The van der Waals surface area contributed by atoms with Crippen LogP contribution in [0.2, 0.25) is 0 Å². The molecule has 6 heteroatoms. The second kappa shape index (κ2) is 8.01. The van der Waals surface area contributed by atoms with Crippen molar-refractivity contribution in [1.82, 2.24) is 5.32 Å². The first-order chi connectivity index (χ1) is 12.5. The number of carbonyl (C=O) groups is 2. The van der Waals surface area contributed by atoms with Crippen molar-refractivity contribution in [2.75, 3.05) is 24.4 Å². The second-order valence-corrected chi connectivity index (χ2v) is 6.48. The average molecular weight is 353 g/mol. The summed E-state index contributed by atoms with van der Waals surface area (Å²) < 4.78 is 4.80. The maximum Gasteiger partial charge on any atom is 0.319 e. The van der Waals surface area contributed by atoms with Crippen molar-refractivity contribution in [2.24, 2.45) is 0 Å². The predicted octanol–water partition coefficient (Wildman–Crippen LogP) is 2.87. The van der Waals surface area contributed by atoms with Gasteiger partial charge in [-0.1, -0.05) is 30.3 Å². The number of carbonyl (C=O) groups excluding carboxylic acids is 2. The van der Waals surface area contributed by atoms with E-state index in [1.165, 1.54) is 18.2 Å². The minimum absolute atomic E-state index is 0.0145. The molecule has 0 fully saturated rings. The van der Waals surface area contributed by atoms with Crippen LogP contribution in [-0.2, 0) is 22.4 Å². The third-order valence-electron chi connectivity index (χ3n) is 4.43. The molecule has 3 rings (SSSR count). The summed E-state index contributed by atoms with van der Waals surface area (Å²) >= 11 is 0. The maximum absolute atomic E-state index is 12.4. The summed E-state index contributed by atoms with van der Waals surface area (Å²) in [6.45, 7) is 1.89. The summed E-state index contributed by atoms with van der Waals surface area (Å²) in [7, 11) is 1.47. The highest BCUT2D eigenvalue weighted by molar-refractivity contribution is 5.94. The molecule has 2 aromatic carbocycles. The van der Waals surface area contributed by atoms with Gasteiger partial charge in [0.05, 0.1) is 0 Å². The molecular formula is C20H23N3O3. The number of anilines is 2. The van der Waals surface area contributed by atoms with E-state index in [2.05, 4.69) is 28.1 Å². The third kappa shape index (κ3) is 4.40. The zero-order valence-corrected chi connectivity index (χ0v) is 15.0. The summed E-state index contributed by atoms with van der Waals surface area (Å²) in [5.74, 6) is -0.240. The lowest BCUT2D eigenvalue weighted by molar-refractivity contribution is -0.119. The number of fused-ring (bicyclic) bond motifs is 1. The predicted molar refractivity (Wildman–Crippen MR) is 101 cm³/mol. The van der Waals surface area contributed by atoms with Crippen molar-refractivity contribution in [3.8, 4) is 0 Å². The molecule has 0 bridgehead atoms. The zero-order valence-electron chi connectivity index (χ0n) is 15.0. The molecule has 3 amide bonds. The van der Waals surface area contributed by atoms with Gasteiger partial charge in [-0.15, -0.1) is 0 Å². The standard InChI is InChI=1S/C20H23N3O3/c1-13-7-8-16(21-19(24)12-26-2)11-18(13)23-20(25)22-17-9-14-5-3-4-6-15(14)10-17/h3-8,11,17H,9-10,12H2,1-2H3,(H,21,24)(H2,22,23,25). The Balaban J connectivity index is 1.60. The van der Waals surface area contributed by atoms with Gasteiger partial charge in [-0.05, 0) is 48.6 Å². The van der Waals surface area contributed by atoms with Crippen molar-refractivity contribution < 1.29 is 14.3 Å². The number of rotatable bonds is 5. The molecule has 2 aromatic rings. The Kier molecular flexibility index (Phi) is 5.53. The molecule has 0 radical (unpaired) electrons. The van der Waals surface area contributed by atoms with Crippen LogP contribution < -0.4 is 16.0 Å². The first kappa shape index (κ1) is 17.9. The monoisotopic (exact) mass is 353 g/mol. The third-order valence-corrected chi connectivity index (χ3v) is 4.43. The fourth-order valence-electron chi connectivity index (χ4n) is 3.17. The summed E-state index contributed by atoms with van der Waals surface area (Å²) in [5, 5.41) is 8.63. The Hall–Kier alpha value is -2.86. The molecule has 0 saturated carbocycles. The van der Waals surface area contributed by atoms with E-state index in [9.17, 15) is 9.59 Å². The van der Waals surface area contributed by atoms with E-state index in [-0.39, 0.29) is 24.6 Å². The van der Waals surface area contributed by atoms with Crippen LogP contribution in [-0.4, -0.2) is 31.7 Å². The number of hydrogen-bond donors (Lipinski definition) is 3. The molecule has 1 aliphatic carbocycles. The van der Waals surface area contributed by atoms with E-state index in [0.29, 0.717) is 11.4 Å². The molecule has 0 unspecified atom stereocenters. The highest BCUT2D eigenvalue weighted by Gasteiger charge is 2.22. The molecule has 3 N–H and O–H groups in total. The van der Waals surface area contributed by atoms with Crippen molar-refractivity contribution in [3.63, 3.8) is 0 Å². The molecule has 136 valence electrons. The van der Waals surface area contributed by atoms with Crippen LogP contribution in [0.15, 0.2) is 42.5 Å². The van der Waals surface area contributed by atoms with Crippen molar-refractivity contribution in [2.45, 2.75) is 25.8 Å². The number of methoxy groups -OCH3 is 1. The molecule has 0 aromatic heterocycles. The number of benzene rings is 2. The van der Waals surface area contributed by atoms with E-state index in [1.54, 1.807) is 12.1 Å². The van der Waals surface area contributed by atoms with Crippen LogP contribution >= 0.6 is 0 Å². The van der Waals surface area contributed by atoms with E-state index in [1.807, 2.05) is 25.1 Å². The molecule has 0 atom stereocenters. The smallest absolute Gasteiger partial charge is 0.319 e. The quantitative estimate of drug-likeness (QED) is 0.773. The summed E-state index contributed by atoms with van der Waals surface area (Å²) in [5.41, 5.74) is 4.77. The highest BCUT2D eigenvalue weighted by atomic mass is 16.5. The van der Waals surface area contributed by atoms with E-state index >= 15 is 0 Å². The molecule has 0 aliphatic heterocycles. The number of ether oxygens (including phenoxy) is 1. The number of hydrogen-bond acceptors (Lipinski definition) is 3. The van der Waals surface area contributed by atoms with Crippen molar-refractivity contribution >= 4 is 23.3 Å². The van der Waals surface area contributed by atoms with Gasteiger partial charge in [-0.25, -0.2) is 4.79 Å². The average Bonchev–Trinajstić information content (AvgIpc) is 3.00. The normalized spacial score (nSPS) is 13.2. The Labute approximate surface area is 152 Å². The van der Waals surface area contributed by atoms with Gasteiger partial charge < -0.3 is 20.7 Å². The van der Waals surface area contributed by atoms with Crippen LogP contribution in [0.4, 0.5) is 16.2 Å². The fourth-order valence-corrected chi connectivity index (χ4v) is 3.17. The maximum atomic E-state index is 12.4. The Morgan fingerprint density at radius 1 is 1.08 bits per heavy atom. The first-order valence-corrected chi connectivity index (χ1v) is 8.59. The van der Waals surface area contributed by atoms with Gasteiger partial charge in [-0.3, -0.25) is 4.79 Å². The lowest BCUT2D eigenvalue weighted by atomic mass is 10.1. The topological polar surface area (TPSA) is 79.5 Å². The molecule has 26 heavy (non-hydrogen) atoms. The summed E-state index contributed by atoms with van der Waals surface area (Å²) in [6.07, 6.45) is 1.69. The van der Waals surface area contributed by atoms with E-state index in [4.69, 9.17) is 4.74 Å². The lowest BCUT2D eigenvalue weighted by Crippen LogP contribution is -2.38. The lowest BCUT2D eigenvalue weighted by Gasteiger charge is -2.15. The van der Waals surface area contributed by atoms with Gasteiger partial charge in [0.1, 0.15) is 6.61 Å². The molecule has 0 spiro atoms. The first-order valence-electron chi connectivity index (χ1n) is 8.59. The van der Waals surface area contributed by atoms with Gasteiger partial charge >= 0.3 is 6.03 Å². The second-order valence-electron chi connectivity index (χ2n) is 6.48. The van der Waals surface area contributed by atoms with Crippen LogP contribution in [0.5, 0.6) is 0 Å². The van der Waals surface area contributed by atoms with Gasteiger partial charge in [0.15, 0.2) is 0 Å². The summed E-state index contributed by atoms with van der Waals surface area (Å²) in [6, 6.07) is 13.5. The SMILES string of the molecule is COCC(=O)Nc1ccc(C)c(NC(=O)NC2Cc3ccccc3C2)c1. The van der Waals surface area contributed by atoms with Crippen LogP contribution in [0.1, 0.15) is 16.7 Å². The van der Waals surface area contributed by atoms with Crippen LogP contribution in [0.25, 0.3) is 0 Å². The molecule has 0 saturated heterocycles. The molecular weight excluding hydrogens is 330 g/mol.